The first-order valence-corrected chi connectivity index (χ1v) is 8.50. The van der Waals surface area contributed by atoms with Gasteiger partial charge in [0.15, 0.2) is 5.13 Å². The average Bonchev–Trinajstić information content (AvgIpc) is 3.01. The third-order valence-corrected chi connectivity index (χ3v) is 4.60. The number of carbonyl (C=O) groups excluding carboxylic acids is 1. The van der Waals surface area contributed by atoms with Gasteiger partial charge in [0.05, 0.1) is 19.9 Å². The van der Waals surface area contributed by atoms with Gasteiger partial charge >= 0.3 is 0 Å². The molecule has 1 aromatic heterocycles. The van der Waals surface area contributed by atoms with Crippen molar-refractivity contribution in [3.63, 3.8) is 0 Å². The van der Waals surface area contributed by atoms with E-state index in [1.54, 1.807) is 26.4 Å². The molecule has 0 unspecified atom stereocenters. The van der Waals surface area contributed by atoms with Crippen LogP contribution in [0.3, 0.4) is 0 Å². The van der Waals surface area contributed by atoms with Crippen molar-refractivity contribution in [2.24, 2.45) is 0 Å². The van der Waals surface area contributed by atoms with Crippen molar-refractivity contribution in [1.82, 2.24) is 4.98 Å². The number of methoxy groups -OCH3 is 2. The number of aryl methyl sites for hydroxylation is 1. The molecule has 0 saturated heterocycles. The first-order chi connectivity index (χ1) is 12.1. The Morgan fingerprint density at radius 3 is 2.52 bits per heavy atom. The van der Waals surface area contributed by atoms with Crippen molar-refractivity contribution in [3.05, 3.63) is 59.0 Å². The lowest BCUT2D eigenvalue weighted by Gasteiger charge is -2.09. The molecule has 5 nitrogen and oxygen atoms in total. The van der Waals surface area contributed by atoms with Crippen molar-refractivity contribution in [2.45, 2.75) is 6.92 Å². The minimum absolute atomic E-state index is 0.178. The van der Waals surface area contributed by atoms with E-state index in [9.17, 15) is 4.79 Å². The van der Waals surface area contributed by atoms with Gasteiger partial charge in [0, 0.05) is 22.1 Å². The van der Waals surface area contributed by atoms with Crippen LogP contribution in [0.2, 0.25) is 0 Å². The van der Waals surface area contributed by atoms with E-state index in [2.05, 4.69) is 10.3 Å². The molecular formula is C19H18N2O3S. The maximum atomic E-state index is 12.3. The van der Waals surface area contributed by atoms with Crippen LogP contribution in [0, 0.1) is 6.92 Å². The van der Waals surface area contributed by atoms with E-state index < -0.39 is 0 Å². The molecule has 1 amide bonds. The molecule has 1 heterocycles. The molecule has 0 spiro atoms. The fraction of sp³-hybridized carbons (Fsp3) is 0.158. The Hall–Kier alpha value is -2.86. The number of hydrogen-bond donors (Lipinski definition) is 1. The maximum absolute atomic E-state index is 12.3. The van der Waals surface area contributed by atoms with Crippen LogP contribution in [-0.4, -0.2) is 25.1 Å². The number of amides is 1. The SMILES string of the molecule is COc1ccc(-c2nc(NC(=O)c3ccccc3)sc2C)c(OC)c1. The number of carbonyl (C=O) groups is 1. The van der Waals surface area contributed by atoms with E-state index in [-0.39, 0.29) is 5.91 Å². The third-order valence-electron chi connectivity index (χ3n) is 3.72. The zero-order valence-electron chi connectivity index (χ0n) is 14.2. The highest BCUT2D eigenvalue weighted by atomic mass is 32.1. The van der Waals surface area contributed by atoms with Gasteiger partial charge in [-0.1, -0.05) is 18.2 Å². The number of anilines is 1. The zero-order valence-corrected chi connectivity index (χ0v) is 15.0. The summed E-state index contributed by atoms with van der Waals surface area (Å²) in [4.78, 5) is 17.9. The quantitative estimate of drug-likeness (QED) is 0.738. The van der Waals surface area contributed by atoms with E-state index in [0.29, 0.717) is 22.2 Å². The molecular weight excluding hydrogens is 336 g/mol. The van der Waals surface area contributed by atoms with Crippen LogP contribution in [0.15, 0.2) is 48.5 Å². The lowest BCUT2D eigenvalue weighted by Crippen LogP contribution is -2.11. The smallest absolute Gasteiger partial charge is 0.257 e. The van der Waals surface area contributed by atoms with Gasteiger partial charge in [-0.15, -0.1) is 11.3 Å². The zero-order chi connectivity index (χ0) is 17.8. The first-order valence-electron chi connectivity index (χ1n) is 7.68. The van der Waals surface area contributed by atoms with Crippen molar-refractivity contribution >= 4 is 22.4 Å². The molecule has 0 radical (unpaired) electrons. The van der Waals surface area contributed by atoms with Crippen LogP contribution in [0.4, 0.5) is 5.13 Å². The molecule has 25 heavy (non-hydrogen) atoms. The van der Waals surface area contributed by atoms with E-state index in [0.717, 1.165) is 16.1 Å². The van der Waals surface area contributed by atoms with E-state index in [1.165, 1.54) is 11.3 Å². The Bertz CT molecular complexity index is 891. The second-order valence-corrected chi connectivity index (χ2v) is 6.51. The van der Waals surface area contributed by atoms with E-state index in [4.69, 9.17) is 9.47 Å². The topological polar surface area (TPSA) is 60.5 Å². The molecule has 3 rings (SSSR count). The van der Waals surface area contributed by atoms with Crippen LogP contribution in [0.5, 0.6) is 11.5 Å². The highest BCUT2D eigenvalue weighted by Gasteiger charge is 2.16. The molecule has 0 saturated carbocycles. The van der Waals surface area contributed by atoms with Crippen LogP contribution in [-0.2, 0) is 0 Å². The number of aromatic nitrogens is 1. The molecule has 3 aromatic rings. The predicted octanol–water partition coefficient (Wildman–Crippen LogP) is 4.39. The number of benzene rings is 2. The number of ether oxygens (including phenoxy) is 2. The Labute approximate surface area is 150 Å². The first kappa shape index (κ1) is 17.0. The minimum Gasteiger partial charge on any atom is -0.497 e. The van der Waals surface area contributed by atoms with Crippen LogP contribution >= 0.6 is 11.3 Å². The summed E-state index contributed by atoms with van der Waals surface area (Å²) in [7, 11) is 3.22. The summed E-state index contributed by atoms with van der Waals surface area (Å²) < 4.78 is 10.7. The van der Waals surface area contributed by atoms with Gasteiger partial charge in [0.1, 0.15) is 11.5 Å². The highest BCUT2D eigenvalue weighted by Crippen LogP contribution is 2.37. The highest BCUT2D eigenvalue weighted by molar-refractivity contribution is 7.16. The molecule has 128 valence electrons. The number of thiazole rings is 1. The van der Waals surface area contributed by atoms with Gasteiger partial charge in [-0.3, -0.25) is 10.1 Å². The molecule has 0 aliphatic carbocycles. The van der Waals surface area contributed by atoms with Crippen LogP contribution in [0.1, 0.15) is 15.2 Å². The summed E-state index contributed by atoms with van der Waals surface area (Å²) in [6.07, 6.45) is 0. The lowest BCUT2D eigenvalue weighted by atomic mass is 10.1. The maximum Gasteiger partial charge on any atom is 0.257 e. The van der Waals surface area contributed by atoms with Gasteiger partial charge in [0.25, 0.3) is 5.91 Å². The fourth-order valence-corrected chi connectivity index (χ4v) is 3.28. The minimum atomic E-state index is -0.178. The van der Waals surface area contributed by atoms with Crippen LogP contribution in [0.25, 0.3) is 11.3 Å². The molecule has 6 heteroatoms. The number of nitrogens with one attached hydrogen (secondary N) is 1. The number of hydrogen-bond acceptors (Lipinski definition) is 5. The predicted molar refractivity (Wildman–Crippen MR) is 99.8 cm³/mol. The van der Waals surface area contributed by atoms with Gasteiger partial charge < -0.3 is 9.47 Å². The van der Waals surface area contributed by atoms with Gasteiger partial charge in [-0.2, -0.15) is 0 Å². The van der Waals surface area contributed by atoms with Crippen molar-refractivity contribution in [3.8, 4) is 22.8 Å². The summed E-state index contributed by atoms with van der Waals surface area (Å²) in [6, 6.07) is 14.6. The Morgan fingerprint density at radius 2 is 1.84 bits per heavy atom. The summed E-state index contributed by atoms with van der Waals surface area (Å²) in [5, 5.41) is 3.41. The Morgan fingerprint density at radius 1 is 1.08 bits per heavy atom. The Balaban J connectivity index is 1.89. The molecule has 0 atom stereocenters. The van der Waals surface area contributed by atoms with Crippen molar-refractivity contribution in [2.75, 3.05) is 19.5 Å². The molecule has 0 bridgehead atoms. The second-order valence-electron chi connectivity index (χ2n) is 5.31. The Kier molecular flexibility index (Phi) is 5.00. The van der Waals surface area contributed by atoms with Crippen molar-refractivity contribution < 1.29 is 14.3 Å². The molecule has 0 aliphatic rings. The molecule has 1 N–H and O–H groups in total. The number of rotatable bonds is 5. The standard InChI is InChI=1S/C19H18N2O3S/c1-12-17(15-10-9-14(23-2)11-16(15)24-3)20-19(25-12)21-18(22)13-7-5-4-6-8-13/h4-11H,1-3H3,(H,20,21,22). The van der Waals surface area contributed by atoms with E-state index in [1.807, 2.05) is 43.3 Å². The van der Waals surface area contributed by atoms with E-state index >= 15 is 0 Å². The monoisotopic (exact) mass is 354 g/mol. The van der Waals surface area contributed by atoms with Gasteiger partial charge in [-0.25, -0.2) is 4.98 Å². The summed E-state index contributed by atoms with van der Waals surface area (Å²) in [5.74, 6) is 1.21. The largest absolute Gasteiger partial charge is 0.497 e. The summed E-state index contributed by atoms with van der Waals surface area (Å²) in [5.41, 5.74) is 2.24. The molecule has 0 fully saturated rings. The van der Waals surface area contributed by atoms with Gasteiger partial charge in [-0.05, 0) is 31.2 Å². The average molecular weight is 354 g/mol. The third kappa shape index (κ3) is 3.64. The normalized spacial score (nSPS) is 10.4. The lowest BCUT2D eigenvalue weighted by molar-refractivity contribution is 0.102. The molecule has 0 aliphatic heterocycles. The van der Waals surface area contributed by atoms with Gasteiger partial charge in [0.2, 0.25) is 0 Å². The molecule has 2 aromatic carbocycles. The van der Waals surface area contributed by atoms with Crippen molar-refractivity contribution in [1.29, 1.82) is 0 Å². The van der Waals surface area contributed by atoms with Crippen LogP contribution < -0.4 is 14.8 Å². The number of nitrogens with zero attached hydrogens (tertiary/aromatic N) is 1. The second kappa shape index (κ2) is 7.36. The fourth-order valence-electron chi connectivity index (χ4n) is 2.45. The summed E-state index contributed by atoms with van der Waals surface area (Å²) >= 11 is 1.43. The summed E-state index contributed by atoms with van der Waals surface area (Å²) in [6.45, 7) is 1.97.